The summed E-state index contributed by atoms with van der Waals surface area (Å²) in [5.74, 6) is 0.0358. The Kier molecular flexibility index (Phi) is 4.65. The lowest BCUT2D eigenvalue weighted by atomic mass is 10.1. The summed E-state index contributed by atoms with van der Waals surface area (Å²) in [6, 6.07) is 5.41. The van der Waals surface area contributed by atoms with Crippen LogP contribution in [0.5, 0.6) is 0 Å². The molecule has 1 aliphatic rings. The summed E-state index contributed by atoms with van der Waals surface area (Å²) in [7, 11) is 0. The standard InChI is InChI=1S/C13H15BrClNO2/c1-2-10-8-18-6-5-16(10)13(17)11-4-3-9(15)7-12(11)14/h3-4,7,10H,2,5-6,8H2,1H3. The van der Waals surface area contributed by atoms with E-state index in [-0.39, 0.29) is 11.9 Å². The SMILES string of the molecule is CCC1COCCN1C(=O)c1ccc(Cl)cc1Br. The molecule has 0 radical (unpaired) electrons. The maximum atomic E-state index is 12.5. The van der Waals surface area contributed by atoms with Crippen molar-refractivity contribution in [2.45, 2.75) is 19.4 Å². The lowest BCUT2D eigenvalue weighted by Crippen LogP contribution is -2.48. The van der Waals surface area contributed by atoms with Crippen molar-refractivity contribution < 1.29 is 9.53 Å². The number of halogens is 2. The van der Waals surface area contributed by atoms with Gasteiger partial charge in [-0.2, -0.15) is 0 Å². The van der Waals surface area contributed by atoms with Crippen molar-refractivity contribution in [3.63, 3.8) is 0 Å². The molecule has 18 heavy (non-hydrogen) atoms. The molecular formula is C13H15BrClNO2. The number of hydrogen-bond donors (Lipinski definition) is 0. The lowest BCUT2D eigenvalue weighted by molar-refractivity contribution is -0.00284. The summed E-state index contributed by atoms with van der Waals surface area (Å²) in [5, 5.41) is 0.618. The van der Waals surface area contributed by atoms with Gasteiger partial charge in [0.15, 0.2) is 0 Å². The fourth-order valence-corrected chi connectivity index (χ4v) is 2.93. The van der Waals surface area contributed by atoms with Gasteiger partial charge in [0.25, 0.3) is 5.91 Å². The molecule has 1 aromatic rings. The van der Waals surface area contributed by atoms with Crippen LogP contribution in [0.1, 0.15) is 23.7 Å². The van der Waals surface area contributed by atoms with Gasteiger partial charge in [0.2, 0.25) is 0 Å². The summed E-state index contributed by atoms with van der Waals surface area (Å²) < 4.78 is 6.15. The highest BCUT2D eigenvalue weighted by Crippen LogP contribution is 2.24. The quantitative estimate of drug-likeness (QED) is 0.831. The van der Waals surface area contributed by atoms with Gasteiger partial charge in [-0.05, 0) is 40.5 Å². The van der Waals surface area contributed by atoms with Gasteiger partial charge in [-0.3, -0.25) is 4.79 Å². The van der Waals surface area contributed by atoms with E-state index in [2.05, 4.69) is 22.9 Å². The predicted molar refractivity (Wildman–Crippen MR) is 75.1 cm³/mol. The smallest absolute Gasteiger partial charge is 0.255 e. The summed E-state index contributed by atoms with van der Waals surface area (Å²) in [5.41, 5.74) is 0.653. The third-order valence-electron chi connectivity index (χ3n) is 3.12. The van der Waals surface area contributed by atoms with E-state index in [0.717, 1.165) is 10.9 Å². The topological polar surface area (TPSA) is 29.5 Å². The van der Waals surface area contributed by atoms with E-state index in [4.69, 9.17) is 16.3 Å². The van der Waals surface area contributed by atoms with Crippen LogP contribution in [-0.4, -0.2) is 36.6 Å². The van der Waals surface area contributed by atoms with E-state index in [1.807, 2.05) is 4.90 Å². The molecule has 1 amide bonds. The minimum Gasteiger partial charge on any atom is -0.377 e. The normalized spacial score (nSPS) is 19.9. The first-order valence-corrected chi connectivity index (χ1v) is 7.14. The molecule has 1 saturated heterocycles. The third kappa shape index (κ3) is 2.87. The zero-order valence-electron chi connectivity index (χ0n) is 10.2. The molecule has 0 spiro atoms. The number of rotatable bonds is 2. The van der Waals surface area contributed by atoms with Crippen molar-refractivity contribution in [2.24, 2.45) is 0 Å². The summed E-state index contributed by atoms with van der Waals surface area (Å²) in [6.45, 7) is 3.93. The van der Waals surface area contributed by atoms with Gasteiger partial charge in [-0.15, -0.1) is 0 Å². The molecule has 5 heteroatoms. The number of hydrogen-bond acceptors (Lipinski definition) is 2. The Hall–Kier alpha value is -0.580. The Morgan fingerprint density at radius 3 is 3.06 bits per heavy atom. The molecule has 3 nitrogen and oxygen atoms in total. The maximum Gasteiger partial charge on any atom is 0.255 e. The second kappa shape index (κ2) is 6.04. The van der Waals surface area contributed by atoms with Crippen LogP contribution in [0.25, 0.3) is 0 Å². The Bertz CT molecular complexity index is 453. The van der Waals surface area contributed by atoms with Gasteiger partial charge < -0.3 is 9.64 Å². The fraction of sp³-hybridized carbons (Fsp3) is 0.462. The number of morpholine rings is 1. The van der Waals surface area contributed by atoms with Crippen LogP contribution in [0.15, 0.2) is 22.7 Å². The van der Waals surface area contributed by atoms with E-state index in [9.17, 15) is 4.79 Å². The summed E-state index contributed by atoms with van der Waals surface area (Å²) >= 11 is 9.28. The molecule has 1 atom stereocenters. The second-order valence-corrected chi connectivity index (χ2v) is 5.55. The van der Waals surface area contributed by atoms with Gasteiger partial charge >= 0.3 is 0 Å². The molecule has 1 aromatic carbocycles. The van der Waals surface area contributed by atoms with Crippen LogP contribution in [0.3, 0.4) is 0 Å². The van der Waals surface area contributed by atoms with Crippen molar-refractivity contribution in [3.05, 3.63) is 33.3 Å². The zero-order chi connectivity index (χ0) is 13.1. The van der Waals surface area contributed by atoms with Crippen LogP contribution in [0.4, 0.5) is 0 Å². The number of benzene rings is 1. The van der Waals surface area contributed by atoms with Crippen LogP contribution in [-0.2, 0) is 4.74 Å². The average Bonchev–Trinajstić information content (AvgIpc) is 2.38. The fourth-order valence-electron chi connectivity index (χ4n) is 2.08. The first-order chi connectivity index (χ1) is 8.63. The summed E-state index contributed by atoms with van der Waals surface area (Å²) in [4.78, 5) is 14.4. The first-order valence-electron chi connectivity index (χ1n) is 5.97. The Morgan fingerprint density at radius 1 is 1.61 bits per heavy atom. The van der Waals surface area contributed by atoms with Crippen LogP contribution in [0.2, 0.25) is 5.02 Å². The highest BCUT2D eigenvalue weighted by atomic mass is 79.9. The molecule has 1 unspecified atom stereocenters. The average molecular weight is 333 g/mol. The zero-order valence-corrected chi connectivity index (χ0v) is 12.5. The highest BCUT2D eigenvalue weighted by molar-refractivity contribution is 9.10. The van der Waals surface area contributed by atoms with E-state index in [1.54, 1.807) is 18.2 Å². The Labute approximate surface area is 120 Å². The van der Waals surface area contributed by atoms with Crippen molar-refractivity contribution >= 4 is 33.4 Å². The molecular weight excluding hydrogens is 318 g/mol. The molecule has 1 heterocycles. The number of nitrogens with zero attached hydrogens (tertiary/aromatic N) is 1. The maximum absolute atomic E-state index is 12.5. The van der Waals surface area contributed by atoms with Crippen LogP contribution < -0.4 is 0 Å². The largest absolute Gasteiger partial charge is 0.377 e. The predicted octanol–water partition coefficient (Wildman–Crippen LogP) is 3.35. The van der Waals surface area contributed by atoms with E-state index in [1.165, 1.54) is 0 Å². The third-order valence-corrected chi connectivity index (χ3v) is 4.01. The Morgan fingerprint density at radius 2 is 2.39 bits per heavy atom. The van der Waals surface area contributed by atoms with Crippen molar-refractivity contribution in [3.8, 4) is 0 Å². The second-order valence-electron chi connectivity index (χ2n) is 4.26. The molecule has 0 bridgehead atoms. The highest BCUT2D eigenvalue weighted by Gasteiger charge is 2.27. The molecule has 1 fully saturated rings. The van der Waals surface area contributed by atoms with Gasteiger partial charge in [0.05, 0.1) is 24.8 Å². The van der Waals surface area contributed by atoms with E-state index < -0.39 is 0 Å². The molecule has 0 aliphatic carbocycles. The number of carbonyl (C=O) groups excluding carboxylic acids is 1. The molecule has 98 valence electrons. The van der Waals surface area contributed by atoms with Gasteiger partial charge in [-0.1, -0.05) is 18.5 Å². The van der Waals surface area contributed by atoms with E-state index in [0.29, 0.717) is 30.3 Å². The van der Waals surface area contributed by atoms with Crippen molar-refractivity contribution in [2.75, 3.05) is 19.8 Å². The minimum atomic E-state index is 0.0358. The van der Waals surface area contributed by atoms with Gasteiger partial charge in [-0.25, -0.2) is 0 Å². The van der Waals surface area contributed by atoms with Crippen molar-refractivity contribution in [1.82, 2.24) is 4.90 Å². The molecule has 0 N–H and O–H groups in total. The molecule has 0 saturated carbocycles. The van der Waals surface area contributed by atoms with Crippen molar-refractivity contribution in [1.29, 1.82) is 0 Å². The van der Waals surface area contributed by atoms with Crippen LogP contribution in [0, 0.1) is 0 Å². The van der Waals surface area contributed by atoms with Gasteiger partial charge in [0.1, 0.15) is 0 Å². The first kappa shape index (κ1) is 13.8. The van der Waals surface area contributed by atoms with E-state index >= 15 is 0 Å². The minimum absolute atomic E-state index is 0.0358. The number of amides is 1. The molecule has 0 aromatic heterocycles. The molecule has 1 aliphatic heterocycles. The summed E-state index contributed by atoms with van der Waals surface area (Å²) in [6.07, 6.45) is 0.900. The number of carbonyl (C=O) groups is 1. The monoisotopic (exact) mass is 331 g/mol. The van der Waals surface area contributed by atoms with Gasteiger partial charge in [0, 0.05) is 16.0 Å². The Balaban J connectivity index is 2.24. The number of ether oxygens (including phenoxy) is 1. The molecule has 2 rings (SSSR count). The lowest BCUT2D eigenvalue weighted by Gasteiger charge is -2.35. The van der Waals surface area contributed by atoms with Crippen LogP contribution >= 0.6 is 27.5 Å².